The second kappa shape index (κ2) is 5.70. The summed E-state index contributed by atoms with van der Waals surface area (Å²) >= 11 is 0.875. The number of aromatic carboxylic acids is 1. The van der Waals surface area contributed by atoms with Crippen molar-refractivity contribution in [1.29, 1.82) is 0 Å². The molecule has 0 aliphatic rings. The van der Waals surface area contributed by atoms with Crippen molar-refractivity contribution in [3.8, 4) is 0 Å². The molecule has 2 heterocycles. The van der Waals surface area contributed by atoms with Crippen LogP contribution in [-0.4, -0.2) is 24.5 Å². The van der Waals surface area contributed by atoms with E-state index in [1.54, 1.807) is 31.5 Å². The van der Waals surface area contributed by atoms with Crippen molar-refractivity contribution in [3.05, 3.63) is 47.1 Å². The number of carbonyl (C=O) groups is 1. The Hall–Kier alpha value is -1.77. The fourth-order valence-electron chi connectivity index (χ4n) is 1.56. The molecule has 0 aromatic carbocycles. The molecule has 2 aromatic rings. The van der Waals surface area contributed by atoms with Gasteiger partial charge in [0.25, 0.3) is 10.0 Å². The van der Waals surface area contributed by atoms with Crippen LogP contribution in [0.4, 0.5) is 0 Å². The molecule has 0 bridgehead atoms. The molecule has 2 rings (SSSR count). The van der Waals surface area contributed by atoms with Gasteiger partial charge in [0.1, 0.15) is 4.21 Å². The number of nitrogens with zero attached hydrogens (tertiary/aromatic N) is 1. The molecule has 0 spiro atoms. The Bertz CT molecular complexity index is 710. The van der Waals surface area contributed by atoms with Gasteiger partial charge in [-0.2, -0.15) is 0 Å². The zero-order valence-electron chi connectivity index (χ0n) is 10.5. The van der Waals surface area contributed by atoms with Crippen LogP contribution in [0.5, 0.6) is 0 Å². The van der Waals surface area contributed by atoms with Crippen molar-refractivity contribution >= 4 is 27.3 Å². The maximum absolute atomic E-state index is 12.1. The summed E-state index contributed by atoms with van der Waals surface area (Å²) in [6.07, 6.45) is 3.17. The van der Waals surface area contributed by atoms with E-state index < -0.39 is 22.0 Å². The van der Waals surface area contributed by atoms with Crippen LogP contribution in [0.2, 0.25) is 0 Å². The summed E-state index contributed by atoms with van der Waals surface area (Å²) in [5.74, 6) is -1.15. The molecule has 0 aliphatic carbocycles. The van der Waals surface area contributed by atoms with E-state index in [-0.39, 0.29) is 9.77 Å². The molecule has 6 nitrogen and oxygen atoms in total. The Balaban J connectivity index is 2.20. The lowest BCUT2D eigenvalue weighted by atomic mass is 10.2. The first kappa shape index (κ1) is 14.6. The highest BCUT2D eigenvalue weighted by atomic mass is 32.2. The Kier molecular flexibility index (Phi) is 4.17. The lowest BCUT2D eigenvalue weighted by Gasteiger charge is -2.13. The Morgan fingerprint density at radius 2 is 2.25 bits per heavy atom. The minimum Gasteiger partial charge on any atom is -0.478 e. The smallest absolute Gasteiger partial charge is 0.336 e. The van der Waals surface area contributed by atoms with Crippen molar-refractivity contribution in [2.75, 3.05) is 0 Å². The second-order valence-electron chi connectivity index (χ2n) is 4.09. The number of sulfonamides is 1. The van der Waals surface area contributed by atoms with Gasteiger partial charge >= 0.3 is 5.97 Å². The molecule has 0 aliphatic heterocycles. The lowest BCUT2D eigenvalue weighted by molar-refractivity contribution is 0.0697. The molecule has 2 aromatic heterocycles. The normalized spacial score (nSPS) is 13.1. The highest BCUT2D eigenvalue weighted by Gasteiger charge is 2.21. The zero-order chi connectivity index (χ0) is 14.8. The van der Waals surface area contributed by atoms with Crippen LogP contribution < -0.4 is 4.72 Å². The average molecular weight is 312 g/mol. The van der Waals surface area contributed by atoms with E-state index >= 15 is 0 Å². The van der Waals surface area contributed by atoms with Gasteiger partial charge in [-0.05, 0) is 24.6 Å². The number of aromatic nitrogens is 1. The van der Waals surface area contributed by atoms with E-state index in [4.69, 9.17) is 5.11 Å². The molecule has 0 fully saturated rings. The molecule has 0 amide bonds. The fraction of sp³-hybridized carbons (Fsp3) is 0.167. The molecule has 2 N–H and O–H groups in total. The summed E-state index contributed by atoms with van der Waals surface area (Å²) in [6, 6.07) is 4.17. The van der Waals surface area contributed by atoms with Crippen LogP contribution in [0.1, 0.15) is 28.9 Å². The number of nitrogens with one attached hydrogen (secondary N) is 1. The number of hydrogen-bond acceptors (Lipinski definition) is 5. The van der Waals surface area contributed by atoms with E-state index in [9.17, 15) is 13.2 Å². The number of pyridine rings is 1. The van der Waals surface area contributed by atoms with Crippen LogP contribution >= 0.6 is 11.3 Å². The summed E-state index contributed by atoms with van der Waals surface area (Å²) in [5, 5.41) is 10.1. The van der Waals surface area contributed by atoms with E-state index in [2.05, 4.69) is 9.71 Å². The van der Waals surface area contributed by atoms with Gasteiger partial charge in [-0.1, -0.05) is 6.07 Å². The predicted octanol–water partition coefficient (Wildman–Crippen LogP) is 1.88. The van der Waals surface area contributed by atoms with E-state index in [0.29, 0.717) is 0 Å². The Labute approximate surface area is 120 Å². The first-order valence-corrected chi connectivity index (χ1v) is 8.00. The molecule has 1 atom stereocenters. The molecule has 20 heavy (non-hydrogen) atoms. The van der Waals surface area contributed by atoms with Crippen LogP contribution in [0.25, 0.3) is 0 Å². The summed E-state index contributed by atoms with van der Waals surface area (Å²) in [6.45, 7) is 1.69. The van der Waals surface area contributed by atoms with E-state index in [1.807, 2.05) is 0 Å². The highest BCUT2D eigenvalue weighted by Crippen LogP contribution is 2.22. The van der Waals surface area contributed by atoms with Gasteiger partial charge < -0.3 is 5.11 Å². The lowest BCUT2D eigenvalue weighted by Crippen LogP contribution is -2.26. The fourth-order valence-corrected chi connectivity index (χ4v) is 3.96. The molecule has 8 heteroatoms. The standard InChI is InChI=1S/C12H12N2O4S2/c1-8(9-3-2-4-13-6-9)14-20(17,18)11-5-10(7-19-11)12(15)16/h2-8,14H,1H3,(H,15,16)/t8-/m0/s1. The Morgan fingerprint density at radius 1 is 1.50 bits per heavy atom. The third-order valence-electron chi connectivity index (χ3n) is 2.60. The predicted molar refractivity (Wildman–Crippen MR) is 74.3 cm³/mol. The van der Waals surface area contributed by atoms with Gasteiger partial charge in [0, 0.05) is 23.8 Å². The van der Waals surface area contributed by atoms with Crippen LogP contribution in [0.15, 0.2) is 40.2 Å². The first-order chi connectivity index (χ1) is 9.40. The van der Waals surface area contributed by atoms with Gasteiger partial charge in [-0.3, -0.25) is 4.98 Å². The van der Waals surface area contributed by atoms with Crippen molar-refractivity contribution in [3.63, 3.8) is 0 Å². The van der Waals surface area contributed by atoms with Crippen molar-refractivity contribution in [1.82, 2.24) is 9.71 Å². The van der Waals surface area contributed by atoms with Gasteiger partial charge in [-0.15, -0.1) is 11.3 Å². The minimum atomic E-state index is -3.74. The van der Waals surface area contributed by atoms with Gasteiger partial charge in [0.05, 0.1) is 5.56 Å². The molecular formula is C12H12N2O4S2. The van der Waals surface area contributed by atoms with Crippen molar-refractivity contribution in [2.24, 2.45) is 0 Å². The number of carboxylic acid groups (broad SMARTS) is 1. The highest BCUT2D eigenvalue weighted by molar-refractivity contribution is 7.91. The Morgan fingerprint density at radius 3 is 2.80 bits per heavy atom. The topological polar surface area (TPSA) is 96.4 Å². The first-order valence-electron chi connectivity index (χ1n) is 5.64. The minimum absolute atomic E-state index is 0.0226. The molecule has 0 saturated carbocycles. The SMILES string of the molecule is C[C@H](NS(=O)(=O)c1cc(C(=O)O)cs1)c1cccnc1. The summed E-state index contributed by atoms with van der Waals surface area (Å²) in [5.41, 5.74) is 0.690. The van der Waals surface area contributed by atoms with Crippen molar-refractivity contribution in [2.45, 2.75) is 17.2 Å². The third-order valence-corrected chi connectivity index (χ3v) is 5.58. The molecule has 106 valence electrons. The molecule has 0 saturated heterocycles. The van der Waals surface area contributed by atoms with Crippen LogP contribution in [0, 0.1) is 0 Å². The summed E-state index contributed by atoms with van der Waals surface area (Å²) < 4.78 is 26.7. The van der Waals surface area contributed by atoms with Crippen LogP contribution in [0.3, 0.4) is 0 Å². The maximum atomic E-state index is 12.1. The van der Waals surface area contributed by atoms with E-state index in [0.717, 1.165) is 23.0 Å². The monoisotopic (exact) mass is 312 g/mol. The molecule has 0 radical (unpaired) electrons. The maximum Gasteiger partial charge on any atom is 0.336 e. The van der Waals surface area contributed by atoms with Gasteiger partial charge in [0.15, 0.2) is 0 Å². The summed E-state index contributed by atoms with van der Waals surface area (Å²) in [7, 11) is -3.74. The molecular weight excluding hydrogens is 300 g/mol. The van der Waals surface area contributed by atoms with Crippen molar-refractivity contribution < 1.29 is 18.3 Å². The third kappa shape index (κ3) is 3.21. The number of rotatable bonds is 5. The number of thiophene rings is 1. The largest absolute Gasteiger partial charge is 0.478 e. The van der Waals surface area contributed by atoms with Gasteiger partial charge in [0.2, 0.25) is 0 Å². The second-order valence-corrected chi connectivity index (χ2v) is 6.94. The quantitative estimate of drug-likeness (QED) is 0.878. The number of carboxylic acids is 1. The number of hydrogen-bond donors (Lipinski definition) is 2. The van der Waals surface area contributed by atoms with Gasteiger partial charge in [-0.25, -0.2) is 17.9 Å². The summed E-state index contributed by atoms with van der Waals surface area (Å²) in [4.78, 5) is 14.7. The zero-order valence-corrected chi connectivity index (χ0v) is 12.1. The molecule has 0 unspecified atom stereocenters. The van der Waals surface area contributed by atoms with E-state index in [1.165, 1.54) is 5.38 Å². The average Bonchev–Trinajstić information content (AvgIpc) is 2.90. The van der Waals surface area contributed by atoms with Crippen LogP contribution in [-0.2, 0) is 10.0 Å².